The zero-order valence-corrected chi connectivity index (χ0v) is 12.3. The highest BCUT2D eigenvalue weighted by atomic mass is 16.5. The van der Waals surface area contributed by atoms with Gasteiger partial charge in [-0.3, -0.25) is 4.90 Å². The zero-order valence-electron chi connectivity index (χ0n) is 12.3. The van der Waals surface area contributed by atoms with E-state index in [2.05, 4.69) is 39.2 Å². The maximum Gasteiger partial charge on any atom is 0.0691 e. The monoisotopic (exact) mass is 252 g/mol. The van der Waals surface area contributed by atoms with Gasteiger partial charge in [0.2, 0.25) is 0 Å². The van der Waals surface area contributed by atoms with Gasteiger partial charge in [0.05, 0.1) is 6.10 Å². The highest BCUT2D eigenvalue weighted by Gasteiger charge is 2.67. The van der Waals surface area contributed by atoms with E-state index in [0.717, 1.165) is 26.1 Å². The third kappa shape index (κ3) is 1.84. The fourth-order valence-electron chi connectivity index (χ4n) is 3.76. The summed E-state index contributed by atoms with van der Waals surface area (Å²) in [5.41, 5.74) is 6.73. The van der Waals surface area contributed by atoms with Crippen LogP contribution in [0.2, 0.25) is 0 Å². The predicted molar refractivity (Wildman–Crippen MR) is 75.5 cm³/mol. The molecule has 0 spiro atoms. The van der Waals surface area contributed by atoms with Crippen molar-refractivity contribution < 1.29 is 4.74 Å². The van der Waals surface area contributed by atoms with Crippen LogP contribution in [0.15, 0.2) is 12.7 Å². The zero-order chi connectivity index (χ0) is 13.6. The molecule has 3 atom stereocenters. The molecule has 1 saturated heterocycles. The Morgan fingerprint density at radius 2 is 2.17 bits per heavy atom. The number of ether oxygens (including phenoxy) is 1. The van der Waals surface area contributed by atoms with Crippen molar-refractivity contribution in [2.45, 2.75) is 51.8 Å². The summed E-state index contributed by atoms with van der Waals surface area (Å²) in [5, 5.41) is 0. The fraction of sp³-hybridized carbons (Fsp3) is 0.867. The molecule has 1 aliphatic heterocycles. The van der Waals surface area contributed by atoms with Crippen LogP contribution < -0.4 is 5.73 Å². The Hall–Kier alpha value is -0.380. The van der Waals surface area contributed by atoms with E-state index < -0.39 is 0 Å². The Labute approximate surface area is 111 Å². The summed E-state index contributed by atoms with van der Waals surface area (Å²) in [4.78, 5) is 2.42. The molecule has 2 aliphatic rings. The molecule has 0 amide bonds. The molecular weight excluding hydrogens is 224 g/mol. The van der Waals surface area contributed by atoms with E-state index in [1.54, 1.807) is 0 Å². The number of fused-ring (bicyclic) bond motifs is 1. The highest BCUT2D eigenvalue weighted by Crippen LogP contribution is 2.58. The maximum absolute atomic E-state index is 6.78. The Kier molecular flexibility index (Phi) is 3.60. The molecule has 3 nitrogen and oxygen atoms in total. The van der Waals surface area contributed by atoms with Crippen LogP contribution in [0, 0.1) is 11.3 Å². The molecule has 18 heavy (non-hydrogen) atoms. The molecule has 3 heteroatoms. The molecule has 2 fully saturated rings. The van der Waals surface area contributed by atoms with Crippen molar-refractivity contribution in [3.05, 3.63) is 12.7 Å². The maximum atomic E-state index is 6.78. The number of rotatable bonds is 5. The van der Waals surface area contributed by atoms with Gasteiger partial charge >= 0.3 is 0 Å². The minimum atomic E-state index is -0.124. The van der Waals surface area contributed by atoms with E-state index in [1.807, 2.05) is 6.08 Å². The van der Waals surface area contributed by atoms with E-state index in [0.29, 0.717) is 18.1 Å². The summed E-state index contributed by atoms with van der Waals surface area (Å²) in [7, 11) is 0. The molecule has 0 aromatic rings. The van der Waals surface area contributed by atoms with Gasteiger partial charge in [-0.15, -0.1) is 6.58 Å². The van der Waals surface area contributed by atoms with E-state index in [9.17, 15) is 0 Å². The first-order chi connectivity index (χ1) is 8.34. The van der Waals surface area contributed by atoms with Gasteiger partial charge in [0, 0.05) is 42.6 Å². The molecular formula is C15H28N2O. The second kappa shape index (κ2) is 4.62. The molecule has 0 bridgehead atoms. The van der Waals surface area contributed by atoms with Gasteiger partial charge in [0.25, 0.3) is 0 Å². The summed E-state index contributed by atoms with van der Waals surface area (Å²) in [6.07, 6.45) is 3.45. The number of nitrogens with zero attached hydrogens (tertiary/aromatic N) is 1. The largest absolute Gasteiger partial charge is 0.377 e. The normalized spacial score (nSPS) is 37.7. The lowest BCUT2D eigenvalue weighted by Crippen LogP contribution is -2.78. The molecule has 0 radical (unpaired) electrons. The average molecular weight is 252 g/mol. The molecule has 0 aromatic carbocycles. The molecule has 2 rings (SSSR count). The topological polar surface area (TPSA) is 38.5 Å². The standard InChI is InChI=1S/C15H28N2O/c1-6-8-17(11(2)3)10-15(16)12-7-9-18-13(12)14(15,4)5/h6,11-13H,1,7-10,16H2,2-5H3. The van der Waals surface area contributed by atoms with Crippen LogP contribution in [0.4, 0.5) is 0 Å². The van der Waals surface area contributed by atoms with Gasteiger partial charge in [-0.05, 0) is 20.3 Å². The van der Waals surface area contributed by atoms with E-state index >= 15 is 0 Å². The molecule has 1 heterocycles. The molecule has 0 aromatic heterocycles. The van der Waals surface area contributed by atoms with Crippen molar-refractivity contribution in [3.63, 3.8) is 0 Å². The van der Waals surface area contributed by atoms with Gasteiger partial charge in [0.1, 0.15) is 0 Å². The van der Waals surface area contributed by atoms with Crippen molar-refractivity contribution in [1.29, 1.82) is 0 Å². The lowest BCUT2D eigenvalue weighted by atomic mass is 9.48. The third-order valence-electron chi connectivity index (χ3n) is 5.22. The summed E-state index contributed by atoms with van der Waals surface area (Å²) in [6.45, 7) is 15.5. The summed E-state index contributed by atoms with van der Waals surface area (Å²) in [5.74, 6) is 0.526. The SMILES string of the molecule is C=CCN(CC1(N)C2CCOC2C1(C)C)C(C)C. The first-order valence-corrected chi connectivity index (χ1v) is 7.10. The summed E-state index contributed by atoms with van der Waals surface area (Å²) in [6, 6.07) is 0.501. The highest BCUT2D eigenvalue weighted by molar-refractivity contribution is 5.21. The van der Waals surface area contributed by atoms with Crippen molar-refractivity contribution in [3.8, 4) is 0 Å². The molecule has 1 saturated carbocycles. The van der Waals surface area contributed by atoms with Crippen LogP contribution in [0.3, 0.4) is 0 Å². The van der Waals surface area contributed by atoms with Gasteiger partial charge in [-0.25, -0.2) is 0 Å². The van der Waals surface area contributed by atoms with Crippen LogP contribution in [0.25, 0.3) is 0 Å². The van der Waals surface area contributed by atoms with Crippen LogP contribution in [0.1, 0.15) is 34.1 Å². The van der Waals surface area contributed by atoms with Crippen LogP contribution >= 0.6 is 0 Å². The lowest BCUT2D eigenvalue weighted by molar-refractivity contribution is -0.164. The Bertz CT molecular complexity index is 326. The first kappa shape index (κ1) is 14.0. The number of nitrogens with two attached hydrogens (primary N) is 1. The summed E-state index contributed by atoms with van der Waals surface area (Å²) >= 11 is 0. The van der Waals surface area contributed by atoms with Gasteiger partial charge < -0.3 is 10.5 Å². The molecule has 2 N–H and O–H groups in total. The van der Waals surface area contributed by atoms with E-state index in [-0.39, 0.29) is 11.0 Å². The van der Waals surface area contributed by atoms with Crippen molar-refractivity contribution in [1.82, 2.24) is 4.90 Å². The minimum Gasteiger partial charge on any atom is -0.377 e. The van der Waals surface area contributed by atoms with Crippen LogP contribution in [-0.4, -0.2) is 42.3 Å². The van der Waals surface area contributed by atoms with Crippen molar-refractivity contribution >= 4 is 0 Å². The number of hydrogen-bond donors (Lipinski definition) is 1. The quantitative estimate of drug-likeness (QED) is 0.761. The second-order valence-electron chi connectivity index (χ2n) is 6.76. The van der Waals surface area contributed by atoms with Gasteiger partial charge in [-0.1, -0.05) is 19.9 Å². The molecule has 104 valence electrons. The number of hydrogen-bond acceptors (Lipinski definition) is 3. The smallest absolute Gasteiger partial charge is 0.0691 e. The Morgan fingerprint density at radius 3 is 2.72 bits per heavy atom. The molecule has 1 aliphatic carbocycles. The minimum absolute atomic E-state index is 0.0719. The Morgan fingerprint density at radius 1 is 1.50 bits per heavy atom. The van der Waals surface area contributed by atoms with Gasteiger partial charge in [0.15, 0.2) is 0 Å². The third-order valence-corrected chi connectivity index (χ3v) is 5.22. The van der Waals surface area contributed by atoms with Crippen molar-refractivity contribution in [2.24, 2.45) is 17.1 Å². The van der Waals surface area contributed by atoms with E-state index in [1.165, 1.54) is 0 Å². The van der Waals surface area contributed by atoms with Crippen LogP contribution in [-0.2, 0) is 4.74 Å². The average Bonchev–Trinajstić information content (AvgIpc) is 2.75. The fourth-order valence-corrected chi connectivity index (χ4v) is 3.76. The first-order valence-electron chi connectivity index (χ1n) is 7.10. The lowest BCUT2D eigenvalue weighted by Gasteiger charge is -2.63. The second-order valence-corrected chi connectivity index (χ2v) is 6.76. The van der Waals surface area contributed by atoms with Crippen molar-refractivity contribution in [2.75, 3.05) is 19.7 Å². The predicted octanol–water partition coefficient (Wildman–Crippen LogP) is 2.03. The van der Waals surface area contributed by atoms with E-state index in [4.69, 9.17) is 10.5 Å². The Balaban J connectivity index is 2.13. The molecule has 3 unspecified atom stereocenters. The van der Waals surface area contributed by atoms with Gasteiger partial charge in [-0.2, -0.15) is 0 Å². The van der Waals surface area contributed by atoms with Crippen LogP contribution in [0.5, 0.6) is 0 Å². The summed E-state index contributed by atoms with van der Waals surface area (Å²) < 4.78 is 5.85.